The first-order valence-corrected chi connectivity index (χ1v) is 8.10. The van der Waals surface area contributed by atoms with Gasteiger partial charge in [-0.2, -0.15) is 0 Å². The van der Waals surface area contributed by atoms with Crippen LogP contribution in [0.15, 0.2) is 24.3 Å². The third-order valence-corrected chi connectivity index (χ3v) is 3.88. The number of benzene rings is 1. The lowest BCUT2D eigenvalue weighted by atomic mass is 10.0. The molecule has 1 aromatic rings. The van der Waals surface area contributed by atoms with E-state index in [4.69, 9.17) is 9.05 Å². The molecule has 1 aromatic carbocycles. The maximum atomic E-state index is 11.7. The second-order valence-electron chi connectivity index (χ2n) is 4.84. The number of aryl methyl sites for hydroxylation is 1. The third kappa shape index (κ3) is 6.70. The largest absolute Gasteiger partial charge is 0.750 e. The molecule has 0 amide bonds. The predicted molar refractivity (Wildman–Crippen MR) is 78.7 cm³/mol. The average Bonchev–Trinajstić information content (AvgIpc) is 2.42. The molecule has 0 aliphatic rings. The van der Waals surface area contributed by atoms with Crippen LogP contribution in [-0.4, -0.2) is 6.61 Å². The highest BCUT2D eigenvalue weighted by molar-refractivity contribution is 7.33. The standard InChI is InChI=1S/C15H24O3P/c1-4-6-7-14(5-2)12-17-19(16)18-15-10-8-13(3)9-11-15/h8-11,14H,4-7,12H2,1-3H3/q+1. The van der Waals surface area contributed by atoms with Crippen molar-refractivity contribution >= 4 is 8.25 Å². The normalized spacial score (nSPS) is 13.1. The Morgan fingerprint density at radius 1 is 1.21 bits per heavy atom. The Bertz CT molecular complexity index is 375. The van der Waals surface area contributed by atoms with E-state index in [1.165, 1.54) is 12.8 Å². The van der Waals surface area contributed by atoms with Crippen molar-refractivity contribution in [2.75, 3.05) is 6.61 Å². The summed E-state index contributed by atoms with van der Waals surface area (Å²) in [6, 6.07) is 7.46. The monoisotopic (exact) mass is 283 g/mol. The lowest BCUT2D eigenvalue weighted by molar-refractivity contribution is 0.221. The zero-order valence-electron chi connectivity index (χ0n) is 12.1. The summed E-state index contributed by atoms with van der Waals surface area (Å²) in [5, 5.41) is 0. The van der Waals surface area contributed by atoms with Crippen molar-refractivity contribution < 1.29 is 13.6 Å². The average molecular weight is 283 g/mol. The molecule has 0 heterocycles. The molecular formula is C15H24O3P+. The summed E-state index contributed by atoms with van der Waals surface area (Å²) in [7, 11) is -2.07. The zero-order chi connectivity index (χ0) is 14.1. The molecule has 0 saturated heterocycles. The van der Waals surface area contributed by atoms with Crippen LogP contribution in [0.4, 0.5) is 0 Å². The van der Waals surface area contributed by atoms with Crippen molar-refractivity contribution in [3.8, 4) is 5.75 Å². The van der Waals surface area contributed by atoms with E-state index in [1.54, 1.807) is 12.1 Å². The fraction of sp³-hybridized carbons (Fsp3) is 0.600. The molecule has 106 valence electrons. The van der Waals surface area contributed by atoms with Crippen LogP contribution in [-0.2, 0) is 9.09 Å². The van der Waals surface area contributed by atoms with Crippen molar-refractivity contribution in [3.63, 3.8) is 0 Å². The van der Waals surface area contributed by atoms with Gasteiger partial charge in [-0.25, -0.2) is 4.52 Å². The highest BCUT2D eigenvalue weighted by atomic mass is 31.1. The summed E-state index contributed by atoms with van der Waals surface area (Å²) in [5.41, 5.74) is 1.15. The fourth-order valence-electron chi connectivity index (χ4n) is 1.78. The van der Waals surface area contributed by atoms with Gasteiger partial charge in [0.05, 0.1) is 0 Å². The lowest BCUT2D eigenvalue weighted by Crippen LogP contribution is -2.06. The van der Waals surface area contributed by atoms with Crippen LogP contribution >= 0.6 is 8.25 Å². The van der Waals surface area contributed by atoms with Crippen molar-refractivity contribution in [2.45, 2.75) is 46.5 Å². The maximum Gasteiger partial charge on any atom is 0.750 e. The van der Waals surface area contributed by atoms with Gasteiger partial charge in [-0.05, 0) is 31.4 Å². The Labute approximate surface area is 117 Å². The van der Waals surface area contributed by atoms with Gasteiger partial charge in [0.25, 0.3) is 0 Å². The minimum Gasteiger partial charge on any atom is -0.229 e. The summed E-state index contributed by atoms with van der Waals surface area (Å²) >= 11 is 0. The van der Waals surface area contributed by atoms with E-state index in [2.05, 4.69) is 13.8 Å². The Kier molecular flexibility index (Phi) is 7.69. The Hall–Kier alpha value is -0.920. The lowest BCUT2D eigenvalue weighted by Gasteiger charge is -2.09. The first-order chi connectivity index (χ1) is 9.15. The molecule has 0 aliphatic carbocycles. The smallest absolute Gasteiger partial charge is 0.229 e. The summed E-state index contributed by atoms with van der Waals surface area (Å²) in [4.78, 5) is 0. The highest BCUT2D eigenvalue weighted by Gasteiger charge is 2.24. The second kappa shape index (κ2) is 9.06. The molecule has 2 unspecified atom stereocenters. The molecule has 0 N–H and O–H groups in total. The van der Waals surface area contributed by atoms with Gasteiger partial charge < -0.3 is 0 Å². The van der Waals surface area contributed by atoms with Gasteiger partial charge in [-0.3, -0.25) is 0 Å². The molecule has 0 aromatic heterocycles. The van der Waals surface area contributed by atoms with E-state index in [0.29, 0.717) is 18.3 Å². The van der Waals surface area contributed by atoms with Crippen molar-refractivity contribution in [1.82, 2.24) is 0 Å². The quantitative estimate of drug-likeness (QED) is 0.579. The molecule has 19 heavy (non-hydrogen) atoms. The molecular weight excluding hydrogens is 259 g/mol. The van der Waals surface area contributed by atoms with E-state index in [0.717, 1.165) is 18.4 Å². The van der Waals surface area contributed by atoms with Gasteiger partial charge in [0.15, 0.2) is 5.75 Å². The Morgan fingerprint density at radius 3 is 2.47 bits per heavy atom. The van der Waals surface area contributed by atoms with Crippen LogP contribution in [0.5, 0.6) is 5.75 Å². The van der Waals surface area contributed by atoms with Gasteiger partial charge in [0, 0.05) is 4.57 Å². The van der Waals surface area contributed by atoms with Crippen molar-refractivity contribution in [3.05, 3.63) is 29.8 Å². The summed E-state index contributed by atoms with van der Waals surface area (Å²) in [5.74, 6) is 1.06. The van der Waals surface area contributed by atoms with E-state index >= 15 is 0 Å². The van der Waals surface area contributed by atoms with Crippen LogP contribution < -0.4 is 4.52 Å². The van der Waals surface area contributed by atoms with E-state index in [1.807, 2.05) is 19.1 Å². The number of hydrogen-bond acceptors (Lipinski definition) is 3. The summed E-state index contributed by atoms with van der Waals surface area (Å²) in [6.07, 6.45) is 4.55. The number of rotatable bonds is 9. The summed E-state index contributed by atoms with van der Waals surface area (Å²) < 4.78 is 22.3. The van der Waals surface area contributed by atoms with Crippen molar-refractivity contribution in [1.29, 1.82) is 0 Å². The SMILES string of the molecule is CCCCC(CC)CO[P+](=O)Oc1ccc(C)cc1. The first-order valence-electron chi connectivity index (χ1n) is 7.00. The van der Waals surface area contributed by atoms with Crippen LogP contribution in [0.3, 0.4) is 0 Å². The first kappa shape index (κ1) is 16.1. The Morgan fingerprint density at radius 2 is 1.89 bits per heavy atom. The highest BCUT2D eigenvalue weighted by Crippen LogP contribution is 2.29. The van der Waals surface area contributed by atoms with E-state index in [-0.39, 0.29) is 0 Å². The Balaban J connectivity index is 2.32. The third-order valence-electron chi connectivity index (χ3n) is 3.16. The minimum atomic E-state index is -2.07. The molecule has 0 fully saturated rings. The molecule has 4 heteroatoms. The fourth-order valence-corrected chi connectivity index (χ4v) is 2.46. The molecule has 0 radical (unpaired) electrons. The van der Waals surface area contributed by atoms with Crippen LogP contribution in [0.1, 0.15) is 45.1 Å². The number of unbranched alkanes of at least 4 members (excludes halogenated alkanes) is 1. The number of hydrogen-bond donors (Lipinski definition) is 0. The van der Waals surface area contributed by atoms with E-state index < -0.39 is 8.25 Å². The van der Waals surface area contributed by atoms with Gasteiger partial charge in [-0.15, -0.1) is 4.52 Å². The van der Waals surface area contributed by atoms with E-state index in [9.17, 15) is 4.57 Å². The zero-order valence-corrected chi connectivity index (χ0v) is 13.0. The molecule has 0 spiro atoms. The molecule has 2 atom stereocenters. The molecule has 0 aliphatic heterocycles. The van der Waals surface area contributed by atoms with Gasteiger partial charge in [0.2, 0.25) is 0 Å². The summed E-state index contributed by atoms with van der Waals surface area (Å²) in [6.45, 7) is 6.82. The molecule has 3 nitrogen and oxygen atoms in total. The van der Waals surface area contributed by atoms with Gasteiger partial charge >= 0.3 is 8.25 Å². The maximum absolute atomic E-state index is 11.7. The topological polar surface area (TPSA) is 35.5 Å². The van der Waals surface area contributed by atoms with Crippen LogP contribution in [0, 0.1) is 12.8 Å². The van der Waals surface area contributed by atoms with Crippen LogP contribution in [0.2, 0.25) is 0 Å². The molecule has 1 rings (SSSR count). The molecule has 0 saturated carbocycles. The minimum absolute atomic E-state index is 0.473. The van der Waals surface area contributed by atoms with Crippen molar-refractivity contribution in [2.24, 2.45) is 5.92 Å². The second-order valence-corrected chi connectivity index (χ2v) is 5.73. The molecule has 0 bridgehead atoms. The van der Waals surface area contributed by atoms with Crippen LogP contribution in [0.25, 0.3) is 0 Å². The van der Waals surface area contributed by atoms with Gasteiger partial charge in [-0.1, -0.05) is 50.8 Å². The predicted octanol–water partition coefficient (Wildman–Crippen LogP) is 5.26. The van der Waals surface area contributed by atoms with Gasteiger partial charge in [0.1, 0.15) is 6.61 Å².